The van der Waals surface area contributed by atoms with Crippen molar-refractivity contribution in [3.05, 3.63) is 64.7 Å². The average Bonchev–Trinajstić information content (AvgIpc) is 3.28. The zero-order chi connectivity index (χ0) is 24.7. The predicted octanol–water partition coefficient (Wildman–Crippen LogP) is 5.57. The van der Waals surface area contributed by atoms with E-state index >= 15 is 0 Å². The van der Waals surface area contributed by atoms with Crippen LogP contribution in [0.25, 0.3) is 5.57 Å². The highest BCUT2D eigenvalue weighted by atomic mass is 19.3. The van der Waals surface area contributed by atoms with Gasteiger partial charge in [-0.05, 0) is 50.3 Å². The molecule has 0 amide bonds. The Bertz CT molecular complexity index is 1080. The van der Waals surface area contributed by atoms with Gasteiger partial charge in [0.25, 0.3) is 12.3 Å². The molecule has 2 heterocycles. The minimum atomic E-state index is -2.96. The summed E-state index contributed by atoms with van der Waals surface area (Å²) in [6.45, 7) is 12.9. The first-order valence-electron chi connectivity index (χ1n) is 10.8. The number of hydrogen-bond donors (Lipinski definition) is 1. The van der Waals surface area contributed by atoms with Gasteiger partial charge in [0.15, 0.2) is 0 Å². The number of carbonyl (C=O) groups excluding carboxylic acids is 2. The molecule has 1 aliphatic heterocycles. The number of nitrogens with zero attached hydrogens (tertiary/aromatic N) is 1. The Hall–Kier alpha value is -2.90. The van der Waals surface area contributed by atoms with Gasteiger partial charge in [-0.3, -0.25) is 4.79 Å². The van der Waals surface area contributed by atoms with Crippen molar-refractivity contribution in [3.63, 3.8) is 0 Å². The van der Waals surface area contributed by atoms with Crippen molar-refractivity contribution >= 4 is 17.6 Å². The summed E-state index contributed by atoms with van der Waals surface area (Å²) in [7, 11) is 0. The van der Waals surface area contributed by atoms with Gasteiger partial charge in [0, 0.05) is 36.2 Å². The van der Waals surface area contributed by atoms with E-state index in [9.17, 15) is 27.2 Å². The first-order valence-corrected chi connectivity index (χ1v) is 10.8. The fourth-order valence-electron chi connectivity index (χ4n) is 4.84. The molecule has 1 aliphatic carbocycles. The molecule has 0 spiro atoms. The van der Waals surface area contributed by atoms with Crippen LogP contribution < -0.4 is 5.32 Å². The molecule has 8 heteroatoms. The molecule has 1 aromatic heterocycles. The zero-order valence-corrected chi connectivity index (χ0v) is 19.0. The van der Waals surface area contributed by atoms with Crippen molar-refractivity contribution in [2.24, 2.45) is 0 Å². The van der Waals surface area contributed by atoms with E-state index in [0.29, 0.717) is 47.2 Å². The molecular formula is C25H28F4N2O2. The van der Waals surface area contributed by atoms with Crippen LogP contribution in [0.5, 0.6) is 0 Å². The SMILES string of the molecule is C=C(NC1(C=O)CC(F)(F)C1)C(=O)c1c(C)c(C(/C=C\C)=C(\C)C(=C)C(F)F)c2n1CCC2. The number of Topliss-reactive ketones (excluding diaryl/α,β-unsaturated/α-hetero) is 1. The van der Waals surface area contributed by atoms with E-state index in [0.717, 1.165) is 12.1 Å². The van der Waals surface area contributed by atoms with Crippen molar-refractivity contribution in [2.45, 2.75) is 70.9 Å². The molecule has 0 radical (unpaired) electrons. The molecule has 2 aliphatic rings. The number of allylic oxidation sites excluding steroid dienone is 6. The van der Waals surface area contributed by atoms with E-state index < -0.39 is 36.5 Å². The highest BCUT2D eigenvalue weighted by Gasteiger charge is 2.57. The molecule has 1 saturated carbocycles. The first-order chi connectivity index (χ1) is 15.4. The molecule has 1 N–H and O–H groups in total. The van der Waals surface area contributed by atoms with Crippen LogP contribution in [0, 0.1) is 6.92 Å². The van der Waals surface area contributed by atoms with Gasteiger partial charge in [-0.1, -0.05) is 25.3 Å². The third-order valence-corrected chi connectivity index (χ3v) is 6.42. The zero-order valence-electron chi connectivity index (χ0n) is 19.0. The van der Waals surface area contributed by atoms with Crippen LogP contribution in [0.4, 0.5) is 17.6 Å². The van der Waals surface area contributed by atoms with Gasteiger partial charge in [-0.25, -0.2) is 17.6 Å². The summed E-state index contributed by atoms with van der Waals surface area (Å²) in [5, 5.41) is 2.63. The van der Waals surface area contributed by atoms with Crippen LogP contribution in [-0.2, 0) is 17.8 Å². The number of ketones is 1. The number of alkyl halides is 4. The lowest BCUT2D eigenvalue weighted by molar-refractivity contribution is -0.148. The van der Waals surface area contributed by atoms with E-state index in [1.807, 2.05) is 4.57 Å². The maximum Gasteiger partial charge on any atom is 0.263 e. The Morgan fingerprint density at radius 2 is 1.88 bits per heavy atom. The number of aromatic nitrogens is 1. The lowest BCUT2D eigenvalue weighted by Gasteiger charge is -2.44. The third kappa shape index (κ3) is 4.35. The Balaban J connectivity index is 2.05. The topological polar surface area (TPSA) is 51.1 Å². The molecule has 4 nitrogen and oxygen atoms in total. The van der Waals surface area contributed by atoms with E-state index in [2.05, 4.69) is 18.5 Å². The van der Waals surface area contributed by atoms with E-state index in [1.54, 1.807) is 32.9 Å². The molecule has 3 rings (SSSR count). The Morgan fingerprint density at radius 3 is 2.39 bits per heavy atom. The molecule has 0 unspecified atom stereocenters. The molecule has 0 aromatic carbocycles. The molecule has 0 atom stereocenters. The Kier molecular flexibility index (Phi) is 6.60. The van der Waals surface area contributed by atoms with Gasteiger partial charge >= 0.3 is 0 Å². The Labute approximate surface area is 190 Å². The van der Waals surface area contributed by atoms with Crippen molar-refractivity contribution in [3.8, 4) is 0 Å². The number of nitrogens with one attached hydrogen (secondary N) is 1. The number of carbonyl (C=O) groups is 2. The largest absolute Gasteiger partial charge is 0.370 e. The molecule has 33 heavy (non-hydrogen) atoms. The maximum atomic E-state index is 13.4. The average molecular weight is 465 g/mol. The van der Waals surface area contributed by atoms with Crippen molar-refractivity contribution < 1.29 is 27.2 Å². The number of aldehydes is 1. The highest BCUT2D eigenvalue weighted by molar-refractivity contribution is 6.09. The maximum absolute atomic E-state index is 13.4. The van der Waals surface area contributed by atoms with Crippen LogP contribution in [0.3, 0.4) is 0 Å². The van der Waals surface area contributed by atoms with Gasteiger partial charge in [0.05, 0.1) is 11.4 Å². The second-order valence-corrected chi connectivity index (χ2v) is 8.83. The normalized spacial score (nSPS) is 19.2. The molecule has 178 valence electrons. The van der Waals surface area contributed by atoms with Gasteiger partial charge in [-0.15, -0.1) is 0 Å². The van der Waals surface area contributed by atoms with Crippen LogP contribution in [0.1, 0.15) is 60.4 Å². The van der Waals surface area contributed by atoms with Gasteiger partial charge in [-0.2, -0.15) is 0 Å². The smallest absolute Gasteiger partial charge is 0.263 e. The van der Waals surface area contributed by atoms with Crippen LogP contribution in [-0.4, -0.2) is 34.5 Å². The molecule has 1 aromatic rings. The summed E-state index contributed by atoms with van der Waals surface area (Å²) in [4.78, 5) is 24.8. The quantitative estimate of drug-likeness (QED) is 0.171. The Morgan fingerprint density at radius 1 is 1.24 bits per heavy atom. The lowest BCUT2D eigenvalue weighted by Crippen LogP contribution is -2.62. The van der Waals surface area contributed by atoms with Gasteiger partial charge < -0.3 is 14.7 Å². The fraction of sp³-hybridized carbons (Fsp3) is 0.440. The molecule has 1 fully saturated rings. The minimum Gasteiger partial charge on any atom is -0.370 e. The lowest BCUT2D eigenvalue weighted by atomic mass is 9.74. The summed E-state index contributed by atoms with van der Waals surface area (Å²) in [5.41, 5.74) is 1.38. The van der Waals surface area contributed by atoms with Crippen molar-refractivity contribution in [1.82, 2.24) is 9.88 Å². The summed E-state index contributed by atoms with van der Waals surface area (Å²) in [5.74, 6) is -3.48. The van der Waals surface area contributed by atoms with Crippen LogP contribution in [0.2, 0.25) is 0 Å². The van der Waals surface area contributed by atoms with E-state index in [1.165, 1.54) is 0 Å². The summed E-state index contributed by atoms with van der Waals surface area (Å²) < 4.78 is 55.4. The van der Waals surface area contributed by atoms with Gasteiger partial charge in [0.2, 0.25) is 5.78 Å². The monoisotopic (exact) mass is 464 g/mol. The van der Waals surface area contributed by atoms with Crippen molar-refractivity contribution in [2.75, 3.05) is 0 Å². The molecular weight excluding hydrogens is 436 g/mol. The number of halogens is 4. The number of rotatable bonds is 9. The number of fused-ring (bicyclic) bond motifs is 1. The van der Waals surface area contributed by atoms with E-state index in [4.69, 9.17) is 0 Å². The second kappa shape index (κ2) is 8.80. The summed E-state index contributed by atoms with van der Waals surface area (Å²) >= 11 is 0. The fourth-order valence-corrected chi connectivity index (χ4v) is 4.84. The minimum absolute atomic E-state index is 0.148. The second-order valence-electron chi connectivity index (χ2n) is 8.83. The van der Waals surface area contributed by atoms with E-state index in [-0.39, 0.29) is 11.3 Å². The summed E-state index contributed by atoms with van der Waals surface area (Å²) in [6.07, 6.45) is 1.17. The van der Waals surface area contributed by atoms with Crippen LogP contribution >= 0.6 is 0 Å². The number of hydrogen-bond acceptors (Lipinski definition) is 3. The highest BCUT2D eigenvalue weighted by Crippen LogP contribution is 2.45. The standard InChI is InChI=1S/C25H28F4N2O2/c1-6-8-18(14(2)15(3)23(26)27)20-16(4)21(31-10-7-9-19(20)31)22(33)17(5)30-24(13-32)11-25(28,29)12-24/h6,8,13,23,30H,3,5,7,9-12H2,1-2,4H3/b8-6-,18-14+. The molecule has 0 saturated heterocycles. The van der Waals surface area contributed by atoms with Gasteiger partial charge in [0.1, 0.15) is 11.8 Å². The third-order valence-electron chi connectivity index (χ3n) is 6.42. The first kappa shape index (κ1) is 24.7. The van der Waals surface area contributed by atoms with Crippen LogP contribution in [0.15, 0.2) is 42.2 Å². The summed E-state index contributed by atoms with van der Waals surface area (Å²) in [6, 6.07) is 0. The predicted molar refractivity (Wildman–Crippen MR) is 120 cm³/mol. The molecule has 0 bridgehead atoms. The van der Waals surface area contributed by atoms with Crippen molar-refractivity contribution in [1.29, 1.82) is 0 Å².